The Kier molecular flexibility index (Phi) is 3.74. The molecule has 2 aromatic carbocycles. The summed E-state index contributed by atoms with van der Waals surface area (Å²) in [4.78, 5) is 35.7. The zero-order valence-corrected chi connectivity index (χ0v) is 14.0. The van der Waals surface area contributed by atoms with E-state index in [0.29, 0.717) is 5.39 Å². The highest BCUT2D eigenvalue weighted by Gasteiger charge is 2.32. The van der Waals surface area contributed by atoms with E-state index < -0.39 is 23.3 Å². The fourth-order valence-electron chi connectivity index (χ4n) is 2.51. The van der Waals surface area contributed by atoms with Gasteiger partial charge in [-0.1, -0.05) is 23.7 Å². The second-order valence-electron chi connectivity index (χ2n) is 4.87. The lowest BCUT2D eigenvalue weighted by molar-refractivity contribution is -0.131. The Morgan fingerprint density at radius 3 is 2.61 bits per heavy atom. The molecule has 0 aliphatic heterocycles. The summed E-state index contributed by atoms with van der Waals surface area (Å²) in [6.45, 7) is 1.21. The number of ketones is 2. The molecule has 0 bridgehead atoms. The Morgan fingerprint density at radius 2 is 1.96 bits per heavy atom. The van der Waals surface area contributed by atoms with E-state index in [-0.39, 0.29) is 31.8 Å². The van der Waals surface area contributed by atoms with Gasteiger partial charge < -0.3 is 9.84 Å². The molecule has 116 valence electrons. The lowest BCUT2D eigenvalue weighted by atomic mass is 9.90. The quantitative estimate of drug-likeness (QED) is 0.587. The third-order valence-electron chi connectivity index (χ3n) is 3.41. The van der Waals surface area contributed by atoms with Crippen molar-refractivity contribution in [2.75, 3.05) is 0 Å². The molecule has 0 spiro atoms. The highest BCUT2D eigenvalue weighted by Crippen LogP contribution is 2.45. The first kappa shape index (κ1) is 15.7. The van der Waals surface area contributed by atoms with Gasteiger partial charge in [0.15, 0.2) is 5.78 Å². The van der Waals surface area contributed by atoms with Gasteiger partial charge in [-0.3, -0.25) is 14.4 Å². The van der Waals surface area contributed by atoms with Crippen LogP contribution in [0, 0.1) is 0 Å². The van der Waals surface area contributed by atoms with Gasteiger partial charge in [-0.15, -0.1) is 0 Å². The van der Waals surface area contributed by atoms with Gasteiger partial charge in [0.1, 0.15) is 11.5 Å². The highest BCUT2D eigenvalue weighted by molar-refractivity contribution is 9.12. The fraction of sp³-hybridized carbons (Fsp3) is 0.0625. The van der Waals surface area contributed by atoms with Gasteiger partial charge in [0.25, 0.3) is 0 Å². The summed E-state index contributed by atoms with van der Waals surface area (Å²) in [5.41, 5.74) is -0.272. The predicted octanol–water partition coefficient (Wildman–Crippen LogP) is 3.78. The van der Waals surface area contributed by atoms with Gasteiger partial charge in [0, 0.05) is 18.4 Å². The summed E-state index contributed by atoms with van der Waals surface area (Å²) in [6, 6.07) is 4.60. The van der Waals surface area contributed by atoms with Gasteiger partial charge >= 0.3 is 5.97 Å². The monoisotopic (exact) mass is 394 g/mol. The largest absolute Gasteiger partial charge is 0.506 e. The third kappa shape index (κ3) is 2.34. The molecule has 0 aromatic heterocycles. The Labute approximate surface area is 143 Å². The summed E-state index contributed by atoms with van der Waals surface area (Å²) in [5.74, 6) is -2.04. The molecule has 2 aromatic rings. The molecule has 3 rings (SSSR count). The van der Waals surface area contributed by atoms with E-state index in [1.165, 1.54) is 13.0 Å². The minimum Gasteiger partial charge on any atom is -0.506 e. The van der Waals surface area contributed by atoms with Crippen molar-refractivity contribution in [3.8, 4) is 11.5 Å². The molecule has 1 aliphatic rings. The minimum atomic E-state index is -0.589. The highest BCUT2D eigenvalue weighted by atomic mass is 79.9. The lowest BCUT2D eigenvalue weighted by Gasteiger charge is -2.18. The Hall–Kier alpha value is -2.18. The number of allylic oxidation sites excluding steroid dienone is 2. The molecule has 1 N–H and O–H groups in total. The van der Waals surface area contributed by atoms with Crippen LogP contribution in [0.3, 0.4) is 0 Å². The zero-order chi connectivity index (χ0) is 16.9. The van der Waals surface area contributed by atoms with Crippen molar-refractivity contribution in [2.45, 2.75) is 6.92 Å². The summed E-state index contributed by atoms with van der Waals surface area (Å²) in [6.07, 6.45) is 1.11. The van der Waals surface area contributed by atoms with Gasteiger partial charge in [-0.25, -0.2) is 0 Å². The average Bonchev–Trinajstić information content (AvgIpc) is 2.47. The van der Waals surface area contributed by atoms with Crippen molar-refractivity contribution in [3.05, 3.63) is 44.9 Å². The molecule has 0 fully saturated rings. The topological polar surface area (TPSA) is 80.7 Å². The van der Waals surface area contributed by atoms with Crippen LogP contribution in [0.2, 0.25) is 5.02 Å². The number of hydrogen-bond donors (Lipinski definition) is 1. The molecule has 0 radical (unpaired) electrons. The second kappa shape index (κ2) is 5.47. The van der Waals surface area contributed by atoms with Crippen LogP contribution in [0.1, 0.15) is 27.6 Å². The summed E-state index contributed by atoms with van der Waals surface area (Å²) in [7, 11) is 0. The van der Waals surface area contributed by atoms with Gasteiger partial charge in [-0.05, 0) is 22.0 Å². The molecule has 0 amide bonds. The van der Waals surface area contributed by atoms with Crippen molar-refractivity contribution < 1.29 is 24.2 Å². The molecule has 0 saturated heterocycles. The molecule has 1 aliphatic carbocycles. The van der Waals surface area contributed by atoms with Crippen LogP contribution in [0.4, 0.5) is 0 Å². The van der Waals surface area contributed by atoms with Crippen LogP contribution >= 0.6 is 27.5 Å². The maximum absolute atomic E-state index is 12.3. The first-order chi connectivity index (χ1) is 10.8. The number of carbonyl (C=O) groups excluding carboxylic acids is 3. The molecule has 0 heterocycles. The van der Waals surface area contributed by atoms with Crippen LogP contribution in [-0.4, -0.2) is 22.6 Å². The van der Waals surface area contributed by atoms with Crippen LogP contribution in [0.25, 0.3) is 10.8 Å². The van der Waals surface area contributed by atoms with E-state index in [1.54, 1.807) is 12.1 Å². The zero-order valence-electron chi connectivity index (χ0n) is 11.6. The second-order valence-corrected chi connectivity index (χ2v) is 6.10. The van der Waals surface area contributed by atoms with E-state index >= 15 is 0 Å². The number of esters is 1. The van der Waals surface area contributed by atoms with Crippen molar-refractivity contribution in [3.63, 3.8) is 0 Å². The number of phenols is 1. The first-order valence-electron chi connectivity index (χ1n) is 6.44. The van der Waals surface area contributed by atoms with Gasteiger partial charge in [-0.2, -0.15) is 0 Å². The first-order valence-corrected chi connectivity index (χ1v) is 7.61. The van der Waals surface area contributed by atoms with E-state index in [9.17, 15) is 19.5 Å². The van der Waals surface area contributed by atoms with Crippen molar-refractivity contribution >= 4 is 55.8 Å². The van der Waals surface area contributed by atoms with Crippen molar-refractivity contribution in [1.82, 2.24) is 0 Å². The Bertz CT molecular complexity index is 945. The van der Waals surface area contributed by atoms with Crippen LogP contribution in [-0.2, 0) is 4.79 Å². The van der Waals surface area contributed by atoms with Gasteiger partial charge in [0.05, 0.1) is 26.0 Å². The number of phenolic OH excluding ortho intramolecular Hbond substituents is 1. The SMILES string of the molecule is CC(=O)Oc1cccc2c(Cl)c3c(c(O)c12)C(=O)C(Br)=CC3=O. The number of carbonyl (C=O) groups is 3. The molecule has 0 unspecified atom stereocenters. The minimum absolute atomic E-state index is 0.0192. The number of aromatic hydroxyl groups is 1. The summed E-state index contributed by atoms with van der Waals surface area (Å²) < 4.78 is 5.08. The maximum atomic E-state index is 12.3. The molecule has 5 nitrogen and oxygen atoms in total. The molecule has 0 saturated carbocycles. The average molecular weight is 396 g/mol. The van der Waals surface area contributed by atoms with E-state index in [4.69, 9.17) is 16.3 Å². The molecular formula is C16H8BrClO5. The van der Waals surface area contributed by atoms with Crippen LogP contribution in [0.5, 0.6) is 11.5 Å². The van der Waals surface area contributed by atoms with Gasteiger partial charge in [0.2, 0.25) is 5.78 Å². The number of halogens is 2. The maximum Gasteiger partial charge on any atom is 0.308 e. The fourth-order valence-corrected chi connectivity index (χ4v) is 3.26. The van der Waals surface area contributed by atoms with E-state index in [0.717, 1.165) is 6.08 Å². The number of benzene rings is 2. The summed E-state index contributed by atoms with van der Waals surface area (Å²) in [5, 5.41) is 11.0. The van der Waals surface area contributed by atoms with Crippen LogP contribution < -0.4 is 4.74 Å². The smallest absolute Gasteiger partial charge is 0.308 e. The Balaban J connectivity index is 2.47. The number of ether oxygens (including phenoxy) is 1. The lowest BCUT2D eigenvalue weighted by Crippen LogP contribution is -2.16. The summed E-state index contributed by atoms with van der Waals surface area (Å²) >= 11 is 9.28. The molecular weight excluding hydrogens is 388 g/mol. The third-order valence-corrected chi connectivity index (χ3v) is 4.39. The van der Waals surface area contributed by atoms with E-state index in [2.05, 4.69) is 15.9 Å². The van der Waals surface area contributed by atoms with Crippen LogP contribution in [0.15, 0.2) is 28.8 Å². The molecule has 23 heavy (non-hydrogen) atoms. The number of Topliss-reactive ketones (excluding diaryl/α,β-unsaturated/α-hetero) is 1. The van der Waals surface area contributed by atoms with E-state index in [1.807, 2.05) is 0 Å². The number of hydrogen-bond acceptors (Lipinski definition) is 5. The number of fused-ring (bicyclic) bond motifs is 2. The molecule has 7 heteroatoms. The standard InChI is InChI=1S/C16H8BrClO5/c1-6(19)23-10-4-2-3-7-11(10)16(22)13-12(14(7)18)9(20)5-8(17)15(13)21/h2-5,22H,1H3. The van der Waals surface area contributed by atoms with Crippen molar-refractivity contribution in [1.29, 1.82) is 0 Å². The Morgan fingerprint density at radius 1 is 1.26 bits per heavy atom. The molecule has 0 atom stereocenters. The normalized spacial score (nSPS) is 13.8. The number of rotatable bonds is 1. The predicted molar refractivity (Wildman–Crippen MR) is 87.6 cm³/mol. The van der Waals surface area contributed by atoms with Crippen molar-refractivity contribution in [2.24, 2.45) is 0 Å².